The number of halogens is 2. The predicted molar refractivity (Wildman–Crippen MR) is 122 cm³/mol. The van der Waals surface area contributed by atoms with Crippen molar-refractivity contribution in [2.24, 2.45) is 0 Å². The predicted octanol–water partition coefficient (Wildman–Crippen LogP) is 5.22. The quantitative estimate of drug-likeness (QED) is 0.307. The molecule has 0 amide bonds. The Morgan fingerprint density at radius 3 is 1.34 bits per heavy atom. The van der Waals surface area contributed by atoms with Crippen molar-refractivity contribution in [1.29, 1.82) is 0 Å². The Morgan fingerprint density at radius 1 is 0.517 bits per heavy atom. The van der Waals surface area contributed by atoms with E-state index in [0.29, 0.717) is 0 Å². The zero-order chi connectivity index (χ0) is 20.1. The van der Waals surface area contributed by atoms with E-state index in [2.05, 4.69) is 0 Å². The number of rotatable bonds is 6. The van der Waals surface area contributed by atoms with Gasteiger partial charge in [-0.2, -0.15) is 0 Å². The van der Waals surface area contributed by atoms with Crippen LogP contribution in [0.1, 0.15) is 0 Å². The zero-order valence-corrected chi connectivity index (χ0v) is 19.5. The van der Waals surface area contributed by atoms with E-state index < -0.39 is 0 Å². The monoisotopic (exact) mass is 534 g/mol. The minimum atomic E-state index is -0.219. The van der Waals surface area contributed by atoms with E-state index in [-0.39, 0.29) is 39.3 Å². The van der Waals surface area contributed by atoms with Crippen molar-refractivity contribution in [3.8, 4) is 22.3 Å². The summed E-state index contributed by atoms with van der Waals surface area (Å²) in [5.41, 5.74) is 3.97. The SMILES string of the molecule is Fc1ccc([Se]S[Se]c2ccc(F)cc2-c2ccccc2)c(-c2ccccc2)c1. The molecule has 0 radical (unpaired) electrons. The van der Waals surface area contributed by atoms with Crippen molar-refractivity contribution in [3.05, 3.63) is 109 Å². The fourth-order valence-electron chi connectivity index (χ4n) is 2.93. The van der Waals surface area contributed by atoms with Crippen LogP contribution in [0.25, 0.3) is 22.3 Å². The molecule has 4 aromatic rings. The maximum absolute atomic E-state index is 13.9. The van der Waals surface area contributed by atoms with Crippen molar-refractivity contribution in [1.82, 2.24) is 0 Å². The average Bonchev–Trinajstić information content (AvgIpc) is 2.77. The van der Waals surface area contributed by atoms with Gasteiger partial charge in [0.2, 0.25) is 0 Å². The van der Waals surface area contributed by atoms with Crippen molar-refractivity contribution in [2.75, 3.05) is 0 Å². The minimum absolute atomic E-state index is 0.126. The van der Waals surface area contributed by atoms with Gasteiger partial charge in [-0.3, -0.25) is 0 Å². The molecule has 0 atom stereocenters. The summed E-state index contributed by atoms with van der Waals surface area (Å²) in [5, 5.41) is 0. The van der Waals surface area contributed by atoms with Crippen LogP contribution in [0.3, 0.4) is 0 Å². The van der Waals surface area contributed by atoms with Gasteiger partial charge in [-0.15, -0.1) is 0 Å². The van der Waals surface area contributed by atoms with E-state index in [4.69, 9.17) is 0 Å². The van der Waals surface area contributed by atoms with E-state index in [9.17, 15) is 8.78 Å². The summed E-state index contributed by atoms with van der Waals surface area (Å²) in [6.07, 6.45) is 0. The van der Waals surface area contributed by atoms with Crippen LogP contribution in [-0.4, -0.2) is 27.7 Å². The number of benzene rings is 4. The molecule has 4 rings (SSSR count). The molecule has 0 aromatic heterocycles. The van der Waals surface area contributed by atoms with Crippen LogP contribution in [0.15, 0.2) is 97.1 Å². The Hall–Kier alpha value is -1.87. The van der Waals surface area contributed by atoms with Crippen LogP contribution >= 0.6 is 8.60 Å². The van der Waals surface area contributed by atoms with Gasteiger partial charge in [-0.05, 0) is 0 Å². The van der Waals surface area contributed by atoms with Crippen LogP contribution in [0.5, 0.6) is 0 Å². The summed E-state index contributed by atoms with van der Waals surface area (Å²) in [5.74, 6) is -0.437. The van der Waals surface area contributed by atoms with Crippen LogP contribution in [0.4, 0.5) is 8.78 Å². The normalized spacial score (nSPS) is 10.8. The molecule has 0 heterocycles. The molecule has 4 aromatic carbocycles. The molecule has 0 aliphatic carbocycles. The van der Waals surface area contributed by atoms with Crippen molar-refractivity contribution in [3.63, 3.8) is 0 Å². The van der Waals surface area contributed by atoms with E-state index in [0.717, 1.165) is 22.3 Å². The van der Waals surface area contributed by atoms with Crippen molar-refractivity contribution >= 4 is 45.2 Å². The van der Waals surface area contributed by atoms with E-state index in [1.807, 2.05) is 81.4 Å². The van der Waals surface area contributed by atoms with Gasteiger partial charge in [-0.1, -0.05) is 0 Å². The molecule has 0 nitrogen and oxygen atoms in total. The van der Waals surface area contributed by atoms with E-state index in [1.54, 1.807) is 12.1 Å². The molecule has 29 heavy (non-hydrogen) atoms. The molecular formula is C24H16F2SSe2. The second kappa shape index (κ2) is 9.75. The van der Waals surface area contributed by atoms with Crippen LogP contribution in [0.2, 0.25) is 0 Å². The van der Waals surface area contributed by atoms with Gasteiger partial charge < -0.3 is 0 Å². The molecule has 0 aliphatic rings. The fourth-order valence-corrected chi connectivity index (χ4v) is 13.3. The molecule has 5 heteroatoms. The summed E-state index contributed by atoms with van der Waals surface area (Å²) in [6.45, 7) is 0. The van der Waals surface area contributed by atoms with Gasteiger partial charge in [0.1, 0.15) is 0 Å². The fraction of sp³-hybridized carbons (Fsp3) is 0. The Morgan fingerprint density at radius 2 is 0.931 bits per heavy atom. The average molecular weight is 532 g/mol. The van der Waals surface area contributed by atoms with Crippen molar-refractivity contribution < 1.29 is 8.78 Å². The van der Waals surface area contributed by atoms with Gasteiger partial charge in [0.05, 0.1) is 0 Å². The van der Waals surface area contributed by atoms with Gasteiger partial charge in [0, 0.05) is 0 Å². The second-order valence-electron chi connectivity index (χ2n) is 6.25. The van der Waals surface area contributed by atoms with Gasteiger partial charge in [-0.25, -0.2) is 0 Å². The van der Waals surface area contributed by atoms with E-state index in [1.165, 1.54) is 21.1 Å². The third kappa shape index (κ3) is 5.19. The summed E-state index contributed by atoms with van der Waals surface area (Å²) < 4.78 is 30.1. The Labute approximate surface area is 184 Å². The first-order chi connectivity index (χ1) is 14.2. The van der Waals surface area contributed by atoms with Gasteiger partial charge >= 0.3 is 185 Å². The van der Waals surface area contributed by atoms with Crippen molar-refractivity contribution in [2.45, 2.75) is 0 Å². The molecule has 0 bridgehead atoms. The standard InChI is InChI=1S/C24H16F2SSe2/c25-19-11-13-23(21(15-19)17-7-3-1-4-8-17)28-27-29-24-14-12-20(26)16-22(24)18-9-5-2-6-10-18/h1-16H. The van der Waals surface area contributed by atoms with Gasteiger partial charge in [0.15, 0.2) is 0 Å². The summed E-state index contributed by atoms with van der Waals surface area (Å²) >= 11 is 0.252. The topological polar surface area (TPSA) is 0 Å². The Balaban J connectivity index is 1.55. The third-order valence-electron chi connectivity index (χ3n) is 4.30. The molecule has 0 spiro atoms. The number of hydrogen-bond donors (Lipinski definition) is 0. The number of hydrogen-bond acceptors (Lipinski definition) is 1. The van der Waals surface area contributed by atoms with E-state index >= 15 is 0 Å². The summed E-state index contributed by atoms with van der Waals surface area (Å²) in [7, 11) is 1.87. The molecule has 0 N–H and O–H groups in total. The molecule has 0 aliphatic heterocycles. The molecule has 0 unspecified atom stereocenters. The Bertz CT molecular complexity index is 1010. The van der Waals surface area contributed by atoms with Crippen LogP contribution in [0, 0.1) is 11.6 Å². The molecule has 0 fully saturated rings. The Kier molecular flexibility index (Phi) is 6.86. The zero-order valence-electron chi connectivity index (χ0n) is 15.2. The summed E-state index contributed by atoms with van der Waals surface area (Å²) in [4.78, 5) is 0. The first-order valence-corrected chi connectivity index (χ1v) is 15.5. The van der Waals surface area contributed by atoms with Crippen LogP contribution < -0.4 is 8.92 Å². The third-order valence-corrected chi connectivity index (χ3v) is 13.9. The maximum atomic E-state index is 13.9. The second-order valence-corrected chi connectivity index (χ2v) is 16.0. The first-order valence-electron chi connectivity index (χ1n) is 8.92. The molecular weight excluding hydrogens is 516 g/mol. The molecule has 144 valence electrons. The molecule has 0 saturated heterocycles. The van der Waals surface area contributed by atoms with Gasteiger partial charge in [0.25, 0.3) is 0 Å². The molecule has 0 saturated carbocycles. The summed E-state index contributed by atoms with van der Waals surface area (Å²) in [6, 6.07) is 29.9. The van der Waals surface area contributed by atoms with Crippen LogP contribution in [-0.2, 0) is 0 Å². The first kappa shape index (κ1) is 20.4.